The fourth-order valence-electron chi connectivity index (χ4n) is 6.46. The molecule has 8 nitrogen and oxygen atoms in total. The molecular weight excluding hydrogens is 404 g/mol. The van der Waals surface area contributed by atoms with Crippen LogP contribution in [0.4, 0.5) is 0 Å². The zero-order valence-corrected chi connectivity index (χ0v) is 18.2. The van der Waals surface area contributed by atoms with Crippen LogP contribution in [-0.2, 0) is 33.4 Å². The second-order valence-electron chi connectivity index (χ2n) is 9.53. The van der Waals surface area contributed by atoms with Gasteiger partial charge in [0.25, 0.3) is 0 Å². The van der Waals surface area contributed by atoms with E-state index in [9.17, 15) is 19.2 Å². The highest BCUT2D eigenvalue weighted by Gasteiger charge is 2.67. The summed E-state index contributed by atoms with van der Waals surface area (Å²) in [5, 5.41) is 0. The van der Waals surface area contributed by atoms with E-state index in [2.05, 4.69) is 0 Å². The number of furan rings is 1. The number of ether oxygens (including phenoxy) is 3. The van der Waals surface area contributed by atoms with E-state index in [0.717, 1.165) is 5.56 Å². The zero-order valence-electron chi connectivity index (χ0n) is 18.2. The van der Waals surface area contributed by atoms with Gasteiger partial charge in [0.2, 0.25) is 0 Å². The SMILES string of the molecule is COC(=O)[C@@H]1C[C@H](OC(C)=O)C(=O)[C@H]2[C@]1(C)CC[C@H]1C(=O)O[C@H](c3ccoc3)C[C@]21C. The molecule has 0 amide bonds. The first kappa shape index (κ1) is 21.6. The molecule has 0 bridgehead atoms. The summed E-state index contributed by atoms with van der Waals surface area (Å²) in [5.74, 6) is -3.35. The summed E-state index contributed by atoms with van der Waals surface area (Å²) in [7, 11) is 1.32. The van der Waals surface area contributed by atoms with Crippen LogP contribution in [0.25, 0.3) is 0 Å². The first-order chi connectivity index (χ1) is 14.6. The van der Waals surface area contributed by atoms with Gasteiger partial charge >= 0.3 is 17.9 Å². The molecule has 2 saturated carbocycles. The molecule has 1 aliphatic heterocycles. The van der Waals surface area contributed by atoms with Gasteiger partial charge in [0, 0.05) is 24.8 Å². The summed E-state index contributed by atoms with van der Waals surface area (Å²) < 4.78 is 21.3. The van der Waals surface area contributed by atoms with Gasteiger partial charge in [-0.15, -0.1) is 0 Å². The lowest BCUT2D eigenvalue weighted by atomic mass is 9.43. The molecule has 1 saturated heterocycles. The number of rotatable bonds is 3. The molecule has 168 valence electrons. The van der Waals surface area contributed by atoms with Crippen molar-refractivity contribution in [1.82, 2.24) is 0 Å². The van der Waals surface area contributed by atoms with Crippen LogP contribution >= 0.6 is 0 Å². The van der Waals surface area contributed by atoms with E-state index < -0.39 is 52.7 Å². The number of cyclic esters (lactones) is 1. The standard InChI is InChI=1S/C23H28O8/c1-12(24)30-16-9-15(20(26)28-4)22(2)7-5-14-21(27)31-17(13-6-8-29-11-13)10-23(14,3)19(22)18(16)25/h6,8,11,14-17,19H,5,7,9-10H2,1-4H3/t14-,15-,16-,17-,19-,22+,23-/m0/s1. The Kier molecular flexibility index (Phi) is 5.22. The van der Waals surface area contributed by atoms with E-state index >= 15 is 0 Å². The van der Waals surface area contributed by atoms with Gasteiger partial charge in [-0.3, -0.25) is 19.2 Å². The van der Waals surface area contributed by atoms with E-state index in [4.69, 9.17) is 18.6 Å². The summed E-state index contributed by atoms with van der Waals surface area (Å²) in [4.78, 5) is 51.2. The van der Waals surface area contributed by atoms with Crippen LogP contribution in [0, 0.1) is 28.6 Å². The molecule has 0 aromatic carbocycles. The number of carbonyl (C=O) groups is 4. The van der Waals surface area contributed by atoms with Crippen LogP contribution < -0.4 is 0 Å². The molecule has 31 heavy (non-hydrogen) atoms. The van der Waals surface area contributed by atoms with Gasteiger partial charge in [0.1, 0.15) is 6.10 Å². The topological polar surface area (TPSA) is 109 Å². The largest absolute Gasteiger partial charge is 0.472 e. The highest BCUT2D eigenvalue weighted by atomic mass is 16.6. The molecule has 1 aromatic heterocycles. The zero-order chi connectivity index (χ0) is 22.6. The maximum absolute atomic E-state index is 13.7. The third-order valence-corrected chi connectivity index (χ3v) is 7.81. The van der Waals surface area contributed by atoms with Gasteiger partial charge in [0.15, 0.2) is 11.9 Å². The predicted octanol–water partition coefficient (Wildman–Crippen LogP) is 3.00. The van der Waals surface area contributed by atoms with Crippen molar-refractivity contribution in [2.45, 2.75) is 58.7 Å². The van der Waals surface area contributed by atoms with Crippen molar-refractivity contribution in [3.8, 4) is 0 Å². The molecule has 0 unspecified atom stereocenters. The van der Waals surface area contributed by atoms with Crippen molar-refractivity contribution in [1.29, 1.82) is 0 Å². The van der Waals surface area contributed by atoms with E-state index in [1.807, 2.05) is 13.8 Å². The van der Waals surface area contributed by atoms with Crippen LogP contribution in [0.15, 0.2) is 23.0 Å². The van der Waals surface area contributed by atoms with Gasteiger partial charge in [0.05, 0.1) is 31.5 Å². The third kappa shape index (κ3) is 3.27. The van der Waals surface area contributed by atoms with Crippen LogP contribution in [0.1, 0.15) is 58.1 Å². The van der Waals surface area contributed by atoms with Gasteiger partial charge in [-0.1, -0.05) is 13.8 Å². The molecule has 0 radical (unpaired) electrons. The molecule has 1 aromatic rings. The average molecular weight is 432 g/mol. The summed E-state index contributed by atoms with van der Waals surface area (Å²) in [6.45, 7) is 5.09. The predicted molar refractivity (Wildman–Crippen MR) is 105 cm³/mol. The van der Waals surface area contributed by atoms with Crippen LogP contribution in [0.2, 0.25) is 0 Å². The third-order valence-electron chi connectivity index (χ3n) is 7.81. The number of hydrogen-bond donors (Lipinski definition) is 0. The van der Waals surface area contributed by atoms with E-state index in [1.54, 1.807) is 6.07 Å². The summed E-state index contributed by atoms with van der Waals surface area (Å²) in [6, 6.07) is 1.74. The molecular formula is C23H28O8. The minimum atomic E-state index is -1.04. The Labute approximate surface area is 180 Å². The molecule has 0 N–H and O–H groups in total. The first-order valence-electron chi connectivity index (χ1n) is 10.6. The summed E-state index contributed by atoms with van der Waals surface area (Å²) >= 11 is 0. The monoisotopic (exact) mass is 432 g/mol. The van der Waals surface area contributed by atoms with Crippen molar-refractivity contribution in [2.24, 2.45) is 28.6 Å². The van der Waals surface area contributed by atoms with Gasteiger partial charge < -0.3 is 18.6 Å². The lowest BCUT2D eigenvalue weighted by Gasteiger charge is -2.60. The van der Waals surface area contributed by atoms with Gasteiger partial charge in [-0.25, -0.2) is 0 Å². The van der Waals surface area contributed by atoms with Crippen LogP contribution in [0.5, 0.6) is 0 Å². The van der Waals surface area contributed by atoms with Crippen molar-refractivity contribution in [3.63, 3.8) is 0 Å². The second-order valence-corrected chi connectivity index (χ2v) is 9.53. The maximum atomic E-state index is 13.7. The minimum Gasteiger partial charge on any atom is -0.472 e. The lowest BCUT2D eigenvalue weighted by molar-refractivity contribution is -0.210. The average Bonchev–Trinajstić information content (AvgIpc) is 3.23. The number of esters is 3. The Morgan fingerprint density at radius 1 is 1.19 bits per heavy atom. The number of carbonyl (C=O) groups excluding carboxylic acids is 4. The van der Waals surface area contributed by atoms with E-state index in [0.29, 0.717) is 19.3 Å². The lowest BCUT2D eigenvalue weighted by Crippen LogP contribution is -2.64. The van der Waals surface area contributed by atoms with Crippen LogP contribution in [0.3, 0.4) is 0 Å². The van der Waals surface area contributed by atoms with E-state index in [-0.39, 0.29) is 18.2 Å². The van der Waals surface area contributed by atoms with Crippen molar-refractivity contribution < 1.29 is 37.8 Å². The van der Waals surface area contributed by atoms with Crippen molar-refractivity contribution in [2.75, 3.05) is 7.11 Å². The fraction of sp³-hybridized carbons (Fsp3) is 0.652. The molecule has 2 heterocycles. The molecule has 7 atom stereocenters. The Morgan fingerprint density at radius 2 is 1.94 bits per heavy atom. The molecule has 8 heteroatoms. The Morgan fingerprint density at radius 3 is 2.55 bits per heavy atom. The van der Waals surface area contributed by atoms with Gasteiger partial charge in [-0.05, 0) is 36.2 Å². The Bertz CT molecular complexity index is 905. The molecule has 0 spiro atoms. The van der Waals surface area contributed by atoms with Crippen LogP contribution in [-0.4, -0.2) is 36.9 Å². The minimum absolute atomic E-state index is 0.0917. The normalized spacial score (nSPS) is 39.7. The number of fused-ring (bicyclic) bond motifs is 3. The van der Waals surface area contributed by atoms with Gasteiger partial charge in [-0.2, -0.15) is 0 Å². The fourth-order valence-corrected chi connectivity index (χ4v) is 6.46. The number of hydrogen-bond acceptors (Lipinski definition) is 8. The number of ketones is 1. The second kappa shape index (κ2) is 7.50. The van der Waals surface area contributed by atoms with Crippen molar-refractivity contribution in [3.05, 3.63) is 24.2 Å². The smallest absolute Gasteiger partial charge is 0.310 e. The summed E-state index contributed by atoms with van der Waals surface area (Å²) in [5.41, 5.74) is -0.763. The Hall–Kier alpha value is -2.64. The van der Waals surface area contributed by atoms with E-state index in [1.165, 1.54) is 26.6 Å². The number of Topliss-reactive ketones (excluding diaryl/α,β-unsaturated/α-hetero) is 1. The summed E-state index contributed by atoms with van der Waals surface area (Å²) in [6.07, 6.45) is 2.98. The highest BCUT2D eigenvalue weighted by molar-refractivity contribution is 5.93. The quantitative estimate of drug-likeness (QED) is 0.530. The Balaban J connectivity index is 1.80. The van der Waals surface area contributed by atoms with Crippen molar-refractivity contribution >= 4 is 23.7 Å². The molecule has 2 aliphatic carbocycles. The molecule has 3 fully saturated rings. The molecule has 3 aliphatic rings. The maximum Gasteiger partial charge on any atom is 0.310 e. The first-order valence-corrected chi connectivity index (χ1v) is 10.6. The highest BCUT2D eigenvalue weighted by Crippen LogP contribution is 2.65. The number of methoxy groups -OCH3 is 1. The molecule has 4 rings (SSSR count).